The van der Waals surface area contributed by atoms with E-state index in [0.717, 1.165) is 30.6 Å². The summed E-state index contributed by atoms with van der Waals surface area (Å²) in [5, 5.41) is 11.4. The molecule has 2 heterocycles. The highest BCUT2D eigenvalue weighted by atomic mass is 32.2. The summed E-state index contributed by atoms with van der Waals surface area (Å²) in [5.41, 5.74) is 0.0637. The number of methoxy groups -OCH3 is 1. The monoisotopic (exact) mass is 608 g/mol. The molecule has 1 aromatic carbocycles. The largest absolute Gasteiger partial charge is 0.497 e. The van der Waals surface area contributed by atoms with Gasteiger partial charge in [0.05, 0.1) is 37.3 Å². The molecule has 0 aliphatic carbocycles. The van der Waals surface area contributed by atoms with Gasteiger partial charge in [-0.2, -0.15) is 0 Å². The summed E-state index contributed by atoms with van der Waals surface area (Å²) in [6.45, 7) is 17.6. The van der Waals surface area contributed by atoms with Crippen molar-refractivity contribution < 1.29 is 38.4 Å². The van der Waals surface area contributed by atoms with Crippen molar-refractivity contribution in [3.05, 3.63) is 29.8 Å². The van der Waals surface area contributed by atoms with E-state index in [4.69, 9.17) is 23.7 Å². The van der Waals surface area contributed by atoms with E-state index in [2.05, 4.69) is 20.8 Å². The van der Waals surface area contributed by atoms with E-state index in [1.165, 1.54) is 11.8 Å². The zero-order valence-electron chi connectivity index (χ0n) is 27.1. The fourth-order valence-electron chi connectivity index (χ4n) is 6.04. The number of cyclic esters (lactones) is 1. The van der Waals surface area contributed by atoms with E-state index in [1.807, 2.05) is 58.9 Å². The summed E-state index contributed by atoms with van der Waals surface area (Å²) in [7, 11) is 1.62. The Balaban J connectivity index is 1.76. The predicted molar refractivity (Wildman–Crippen MR) is 164 cm³/mol. The van der Waals surface area contributed by atoms with Crippen molar-refractivity contribution >= 4 is 22.8 Å². The van der Waals surface area contributed by atoms with Crippen LogP contribution in [-0.4, -0.2) is 64.4 Å². The molecule has 1 N–H and O–H groups in total. The highest BCUT2D eigenvalue weighted by Gasteiger charge is 2.57. The molecule has 7 atom stereocenters. The van der Waals surface area contributed by atoms with Gasteiger partial charge in [-0.1, -0.05) is 58.5 Å². The molecule has 0 unspecified atom stereocenters. The van der Waals surface area contributed by atoms with Gasteiger partial charge in [0.15, 0.2) is 17.0 Å². The molecule has 238 valence electrons. The van der Waals surface area contributed by atoms with E-state index < -0.39 is 47.6 Å². The second-order valence-electron chi connectivity index (χ2n) is 12.9. The molecule has 0 amide bonds. The fourth-order valence-corrected chi connectivity index (χ4v) is 7.22. The van der Waals surface area contributed by atoms with Crippen LogP contribution in [0.4, 0.5) is 0 Å². The summed E-state index contributed by atoms with van der Waals surface area (Å²) in [6.07, 6.45) is -0.0000729. The third-order valence-electron chi connectivity index (χ3n) is 9.33. The lowest BCUT2D eigenvalue weighted by molar-refractivity contribution is -0.326. The lowest BCUT2D eigenvalue weighted by Crippen LogP contribution is -2.55. The SMILES string of the molecule is CCC(CC)(CC)SC(=O)[C@@H](C)[C@@H](O)[C@@H](C)[C@@H]1C[C@@H]([C@H]2OC(=O)C(C)(C)[C@H]2OCc2ccc(OC)cc2)OC(C)(C)O1. The Hall–Kier alpha value is -1.65. The van der Waals surface area contributed by atoms with Gasteiger partial charge in [-0.05, 0) is 64.7 Å². The van der Waals surface area contributed by atoms with Crippen LogP contribution in [0.15, 0.2) is 24.3 Å². The van der Waals surface area contributed by atoms with Crippen molar-refractivity contribution in [2.45, 2.75) is 136 Å². The normalized spacial score (nSPS) is 27.6. The van der Waals surface area contributed by atoms with Crippen LogP contribution in [0.2, 0.25) is 0 Å². The highest BCUT2D eigenvalue weighted by Crippen LogP contribution is 2.44. The van der Waals surface area contributed by atoms with Crippen LogP contribution in [0.25, 0.3) is 0 Å². The number of thioether (sulfide) groups is 1. The molecule has 2 aliphatic heterocycles. The topological polar surface area (TPSA) is 101 Å². The van der Waals surface area contributed by atoms with Gasteiger partial charge in [-0.15, -0.1) is 0 Å². The third kappa shape index (κ3) is 7.70. The molecule has 2 saturated heterocycles. The quantitative estimate of drug-likeness (QED) is 0.259. The average molecular weight is 609 g/mol. The smallest absolute Gasteiger partial charge is 0.314 e. The van der Waals surface area contributed by atoms with Crippen molar-refractivity contribution in [2.24, 2.45) is 17.3 Å². The van der Waals surface area contributed by atoms with Gasteiger partial charge in [-0.3, -0.25) is 9.59 Å². The van der Waals surface area contributed by atoms with Gasteiger partial charge in [0, 0.05) is 17.1 Å². The van der Waals surface area contributed by atoms with E-state index in [9.17, 15) is 14.7 Å². The molecule has 2 aliphatic rings. The maximum Gasteiger partial charge on any atom is 0.314 e. The molecular weight excluding hydrogens is 556 g/mol. The molecule has 2 fully saturated rings. The molecule has 0 saturated carbocycles. The third-order valence-corrected chi connectivity index (χ3v) is 11.2. The number of aliphatic hydroxyl groups is 1. The summed E-state index contributed by atoms with van der Waals surface area (Å²) >= 11 is 1.37. The van der Waals surface area contributed by atoms with Crippen molar-refractivity contribution in [1.82, 2.24) is 0 Å². The molecule has 42 heavy (non-hydrogen) atoms. The Morgan fingerprint density at radius 1 is 1.07 bits per heavy atom. The number of esters is 1. The van der Waals surface area contributed by atoms with Crippen molar-refractivity contribution in [2.75, 3.05) is 7.11 Å². The van der Waals surface area contributed by atoms with Gasteiger partial charge < -0.3 is 28.8 Å². The van der Waals surface area contributed by atoms with Crippen LogP contribution in [0, 0.1) is 17.3 Å². The van der Waals surface area contributed by atoms with Crippen molar-refractivity contribution in [1.29, 1.82) is 0 Å². The first kappa shape index (κ1) is 34.8. The summed E-state index contributed by atoms with van der Waals surface area (Å²) < 4.78 is 30.1. The van der Waals surface area contributed by atoms with Crippen LogP contribution >= 0.6 is 11.8 Å². The van der Waals surface area contributed by atoms with Crippen LogP contribution in [0.3, 0.4) is 0 Å². The zero-order chi connectivity index (χ0) is 31.5. The molecule has 3 rings (SSSR count). The standard InChI is InChI=1S/C33H52O8S/c1-11-33(12-2,13-3)42-29(35)21(5)26(34)20(4)24-18-25(41-32(8,9)40-24)27-28(31(6,7)30(36)39-27)38-19-22-14-16-23(37-10)17-15-22/h14-17,20-21,24-28,34H,11-13,18-19H2,1-10H3/t20-,21-,24-,25-,26-,27+,28-/m0/s1. The number of rotatable bonds is 13. The Labute approximate surface area is 256 Å². The predicted octanol–water partition coefficient (Wildman–Crippen LogP) is 6.30. The average Bonchev–Trinajstić information content (AvgIpc) is 3.20. The number of aliphatic hydroxyl groups excluding tert-OH is 1. The van der Waals surface area contributed by atoms with Gasteiger partial charge in [-0.25, -0.2) is 0 Å². The minimum atomic E-state index is -0.995. The summed E-state index contributed by atoms with van der Waals surface area (Å²) in [5.74, 6) is -1.51. The molecule has 8 nitrogen and oxygen atoms in total. The van der Waals surface area contributed by atoms with Crippen molar-refractivity contribution in [3.63, 3.8) is 0 Å². The van der Waals surface area contributed by atoms with Crippen LogP contribution in [-0.2, 0) is 35.1 Å². The van der Waals surface area contributed by atoms with E-state index in [1.54, 1.807) is 14.0 Å². The van der Waals surface area contributed by atoms with Crippen LogP contribution in [0.5, 0.6) is 5.75 Å². The molecule has 0 aromatic heterocycles. The number of carbonyl (C=O) groups is 2. The molecule has 0 bridgehead atoms. The molecule has 0 spiro atoms. The lowest BCUT2D eigenvalue weighted by atomic mass is 9.81. The van der Waals surface area contributed by atoms with Crippen molar-refractivity contribution in [3.8, 4) is 5.75 Å². The maximum absolute atomic E-state index is 13.3. The van der Waals surface area contributed by atoms with Crippen LogP contribution < -0.4 is 4.74 Å². The van der Waals surface area contributed by atoms with Crippen LogP contribution in [0.1, 0.15) is 93.6 Å². The number of carbonyl (C=O) groups excluding carboxylic acids is 2. The minimum absolute atomic E-state index is 0.00115. The Kier molecular flexibility index (Phi) is 11.6. The van der Waals surface area contributed by atoms with E-state index in [0.29, 0.717) is 13.0 Å². The maximum atomic E-state index is 13.3. The Morgan fingerprint density at radius 2 is 1.67 bits per heavy atom. The first-order valence-electron chi connectivity index (χ1n) is 15.4. The molecule has 9 heteroatoms. The van der Waals surface area contributed by atoms with Gasteiger partial charge in [0.2, 0.25) is 0 Å². The molecule has 0 radical (unpaired) electrons. The summed E-state index contributed by atoms with van der Waals surface area (Å²) in [4.78, 5) is 26.3. The lowest BCUT2D eigenvalue weighted by Gasteiger charge is -2.46. The first-order chi connectivity index (χ1) is 19.6. The van der Waals surface area contributed by atoms with E-state index in [-0.39, 0.29) is 21.7 Å². The Bertz CT molecular complexity index is 1040. The summed E-state index contributed by atoms with van der Waals surface area (Å²) in [6, 6.07) is 7.60. The highest BCUT2D eigenvalue weighted by molar-refractivity contribution is 8.14. The number of hydrogen-bond acceptors (Lipinski definition) is 9. The number of benzene rings is 1. The second kappa shape index (κ2) is 14.0. The number of hydrogen-bond donors (Lipinski definition) is 1. The minimum Gasteiger partial charge on any atom is -0.497 e. The number of ether oxygens (including phenoxy) is 5. The van der Waals surface area contributed by atoms with Gasteiger partial charge in [0.1, 0.15) is 18.0 Å². The molecular formula is C33H52O8S. The fraction of sp³-hybridized carbons (Fsp3) is 0.758. The Morgan fingerprint density at radius 3 is 2.21 bits per heavy atom. The second-order valence-corrected chi connectivity index (χ2v) is 14.4. The zero-order valence-corrected chi connectivity index (χ0v) is 27.9. The van der Waals surface area contributed by atoms with Gasteiger partial charge >= 0.3 is 5.97 Å². The van der Waals surface area contributed by atoms with Gasteiger partial charge in [0.25, 0.3) is 0 Å². The van der Waals surface area contributed by atoms with E-state index >= 15 is 0 Å². The molecule has 1 aromatic rings. The first-order valence-corrected chi connectivity index (χ1v) is 16.2.